The van der Waals surface area contributed by atoms with Crippen molar-refractivity contribution >= 4 is 23.1 Å². The van der Waals surface area contributed by atoms with Crippen molar-refractivity contribution in [2.45, 2.75) is 12.1 Å². The first kappa shape index (κ1) is 9.42. The Morgan fingerprint density at radius 2 is 2.00 bits per heavy atom. The molecule has 1 unspecified atom stereocenters. The van der Waals surface area contributed by atoms with Gasteiger partial charge in [-0.15, -0.1) is 0 Å². The molecule has 0 rings (SSSR count). The van der Waals surface area contributed by atoms with E-state index < -0.39 is 23.6 Å². The predicted molar refractivity (Wildman–Crippen MR) is 26.8 cm³/mol. The number of hydrogen-bond acceptors (Lipinski definition) is 2. The minimum Gasteiger partial charge on any atom is -0.297 e. The number of halogens is 4. The molecule has 58 valence electrons. The Morgan fingerprint density at radius 1 is 1.60 bits per heavy atom. The minimum atomic E-state index is -4.31. The number of carbonyl (C=O) groups excluding carboxylic acids is 2. The van der Waals surface area contributed by atoms with Gasteiger partial charge in [0.1, 0.15) is 0 Å². The maximum atomic E-state index is 11.8. The first-order valence-corrected chi connectivity index (χ1v) is 2.47. The molecular formula is C4H2ClF3O2. The van der Waals surface area contributed by atoms with Crippen LogP contribution in [0.2, 0.25) is 0 Å². The molecule has 6 heteroatoms. The van der Waals surface area contributed by atoms with Crippen molar-refractivity contribution in [1.29, 1.82) is 0 Å². The molecule has 0 radical (unpaired) electrons. The summed E-state index contributed by atoms with van der Waals surface area (Å²) in [6.07, 6.45) is -4.20. The molecule has 0 N–H and O–H groups in total. The van der Waals surface area contributed by atoms with Crippen LogP contribution >= 0.6 is 11.6 Å². The summed E-state index contributed by atoms with van der Waals surface area (Å²) in [5.74, 6) is -4.31. The topological polar surface area (TPSA) is 34.1 Å². The second-order valence-corrected chi connectivity index (χ2v) is 1.83. The van der Waals surface area contributed by atoms with E-state index in [2.05, 4.69) is 11.6 Å². The third kappa shape index (κ3) is 1.98. The van der Waals surface area contributed by atoms with Crippen LogP contribution in [-0.2, 0) is 9.59 Å². The van der Waals surface area contributed by atoms with Crippen molar-refractivity contribution < 1.29 is 22.8 Å². The molecule has 0 fully saturated rings. The van der Waals surface area contributed by atoms with Crippen molar-refractivity contribution in [3.63, 3.8) is 0 Å². The Balaban J connectivity index is 4.31. The van der Waals surface area contributed by atoms with Gasteiger partial charge in [-0.05, 0) is 11.6 Å². The van der Waals surface area contributed by atoms with Crippen LogP contribution < -0.4 is 0 Å². The van der Waals surface area contributed by atoms with Crippen molar-refractivity contribution in [2.24, 2.45) is 0 Å². The first-order valence-electron chi connectivity index (χ1n) is 2.09. The molecule has 0 bridgehead atoms. The largest absolute Gasteiger partial charge is 0.341 e. The number of aldehydes is 1. The minimum absolute atomic E-state index is 0.960. The zero-order valence-electron chi connectivity index (χ0n) is 4.48. The summed E-state index contributed by atoms with van der Waals surface area (Å²) in [5, 5.41) is -1.88. The third-order valence-corrected chi connectivity index (χ3v) is 0.886. The third-order valence-electron chi connectivity index (χ3n) is 0.694. The van der Waals surface area contributed by atoms with Crippen molar-refractivity contribution in [2.75, 3.05) is 0 Å². The molecule has 10 heavy (non-hydrogen) atoms. The van der Waals surface area contributed by atoms with Gasteiger partial charge in [0.25, 0.3) is 5.24 Å². The zero-order valence-corrected chi connectivity index (χ0v) is 5.24. The zero-order chi connectivity index (χ0) is 8.36. The lowest BCUT2D eigenvalue weighted by Crippen LogP contribution is -2.35. The van der Waals surface area contributed by atoms with E-state index >= 15 is 0 Å². The van der Waals surface area contributed by atoms with E-state index in [-0.39, 0.29) is 0 Å². The average Bonchev–Trinajstić information content (AvgIpc) is 1.86. The highest BCUT2D eigenvalue weighted by atomic mass is 35.5. The molecular weight excluding hydrogens is 172 g/mol. The Bertz CT molecular complexity index is 159. The fraction of sp³-hybridized carbons (Fsp3) is 0.500. The van der Waals surface area contributed by atoms with Crippen molar-refractivity contribution in [1.82, 2.24) is 0 Å². The Hall–Kier alpha value is -0.580. The summed E-state index contributed by atoms with van der Waals surface area (Å²) in [5.41, 5.74) is 0. The molecule has 0 heterocycles. The van der Waals surface area contributed by atoms with Crippen LogP contribution in [0.3, 0.4) is 0 Å². The monoisotopic (exact) mass is 174 g/mol. The molecule has 2 nitrogen and oxygen atoms in total. The van der Waals surface area contributed by atoms with Crippen LogP contribution in [0.5, 0.6) is 0 Å². The van der Waals surface area contributed by atoms with Gasteiger partial charge < -0.3 is 0 Å². The van der Waals surface area contributed by atoms with Gasteiger partial charge in [-0.2, -0.15) is 8.78 Å². The van der Waals surface area contributed by atoms with Crippen LogP contribution in [0.15, 0.2) is 0 Å². The maximum Gasteiger partial charge on any atom is 0.341 e. The number of carbonyl (C=O) groups is 2. The van der Waals surface area contributed by atoms with E-state index in [1.807, 2.05) is 0 Å². The Kier molecular flexibility index (Phi) is 2.83. The van der Waals surface area contributed by atoms with Gasteiger partial charge in [0, 0.05) is 0 Å². The molecule has 0 aromatic carbocycles. The van der Waals surface area contributed by atoms with E-state index in [0.29, 0.717) is 0 Å². The van der Waals surface area contributed by atoms with E-state index in [0.717, 1.165) is 0 Å². The Morgan fingerprint density at radius 3 is 2.10 bits per heavy atom. The summed E-state index contributed by atoms with van der Waals surface area (Å²) in [4.78, 5) is 19.1. The lowest BCUT2D eigenvalue weighted by atomic mass is 10.2. The van der Waals surface area contributed by atoms with E-state index in [4.69, 9.17) is 0 Å². The van der Waals surface area contributed by atoms with Crippen LogP contribution in [-0.4, -0.2) is 23.6 Å². The molecule has 1 atom stereocenters. The molecule has 0 aliphatic carbocycles. The summed E-state index contributed by atoms with van der Waals surface area (Å²) >= 11 is 4.34. The highest BCUT2D eigenvalue weighted by molar-refractivity contribution is 6.64. The van der Waals surface area contributed by atoms with E-state index in [1.165, 1.54) is 0 Å². The fourth-order valence-electron chi connectivity index (χ4n) is 0.211. The quantitative estimate of drug-likeness (QED) is 0.471. The van der Waals surface area contributed by atoms with Crippen molar-refractivity contribution in [3.8, 4) is 0 Å². The van der Waals surface area contributed by atoms with Gasteiger partial charge in [-0.3, -0.25) is 9.59 Å². The SMILES string of the molecule is O=CC(F)(F)C(F)C(=O)Cl. The molecule has 0 saturated heterocycles. The van der Waals surface area contributed by atoms with E-state index in [1.54, 1.807) is 0 Å². The molecule has 0 amide bonds. The second-order valence-electron chi connectivity index (χ2n) is 1.46. The van der Waals surface area contributed by atoms with Crippen LogP contribution in [0.4, 0.5) is 13.2 Å². The van der Waals surface area contributed by atoms with Gasteiger partial charge in [-0.25, -0.2) is 4.39 Å². The smallest absolute Gasteiger partial charge is 0.297 e. The molecule has 0 aromatic rings. The summed E-state index contributed by atoms with van der Waals surface area (Å²) < 4.78 is 35.3. The van der Waals surface area contributed by atoms with E-state index in [9.17, 15) is 22.8 Å². The molecule has 0 aromatic heterocycles. The highest BCUT2D eigenvalue weighted by Gasteiger charge is 2.44. The van der Waals surface area contributed by atoms with Crippen molar-refractivity contribution in [3.05, 3.63) is 0 Å². The van der Waals surface area contributed by atoms with Gasteiger partial charge in [0.05, 0.1) is 0 Å². The molecule has 0 aliphatic heterocycles. The average molecular weight is 175 g/mol. The normalized spacial score (nSPS) is 14.4. The molecule has 0 spiro atoms. The van der Waals surface area contributed by atoms with Crippen LogP contribution in [0, 0.1) is 0 Å². The van der Waals surface area contributed by atoms with Gasteiger partial charge in [-0.1, -0.05) is 0 Å². The standard InChI is InChI=1S/C4H2ClF3O2/c5-3(10)2(6)4(7,8)1-9/h1-2H. The molecule has 0 saturated carbocycles. The Labute approximate surface area is 59.0 Å². The summed E-state index contributed by atoms with van der Waals surface area (Å²) in [6, 6.07) is 0. The predicted octanol–water partition coefficient (Wildman–Crippen LogP) is 0.924. The lowest BCUT2D eigenvalue weighted by Gasteiger charge is -2.08. The number of rotatable bonds is 3. The maximum absolute atomic E-state index is 11.8. The first-order chi connectivity index (χ1) is 4.41. The molecule has 0 aliphatic rings. The second kappa shape index (κ2) is 3.01. The van der Waals surface area contributed by atoms with Crippen LogP contribution in [0.1, 0.15) is 0 Å². The van der Waals surface area contributed by atoms with Gasteiger partial charge in [0.15, 0.2) is 6.29 Å². The summed E-state index contributed by atoms with van der Waals surface area (Å²) in [6.45, 7) is 0. The number of alkyl halides is 3. The van der Waals surface area contributed by atoms with Crippen LogP contribution in [0.25, 0.3) is 0 Å². The lowest BCUT2D eigenvalue weighted by molar-refractivity contribution is -0.146. The van der Waals surface area contributed by atoms with Gasteiger partial charge in [0.2, 0.25) is 6.17 Å². The van der Waals surface area contributed by atoms with Gasteiger partial charge >= 0.3 is 5.92 Å². The summed E-state index contributed by atoms with van der Waals surface area (Å²) in [7, 11) is 0. The highest BCUT2D eigenvalue weighted by Crippen LogP contribution is 2.20. The fourth-order valence-corrected chi connectivity index (χ4v) is 0.357. The number of hydrogen-bond donors (Lipinski definition) is 0.